The monoisotopic (exact) mass is 371 g/mol. The van der Waals surface area contributed by atoms with Crippen molar-refractivity contribution in [2.75, 3.05) is 13.2 Å². The fourth-order valence-corrected chi connectivity index (χ4v) is 3.79. The molecule has 0 saturated carbocycles. The fraction of sp³-hybridized carbons (Fsp3) is 0.167. The zero-order valence-corrected chi connectivity index (χ0v) is 15.4. The molecule has 4 rings (SSSR count). The zero-order valence-electron chi connectivity index (χ0n) is 15.4. The summed E-state index contributed by atoms with van der Waals surface area (Å²) in [5.74, 6) is -0.365. The Labute approximate surface area is 164 Å². The summed E-state index contributed by atoms with van der Waals surface area (Å²) in [6.07, 6.45) is 0.337. The van der Waals surface area contributed by atoms with E-state index in [1.54, 1.807) is 0 Å². The molecule has 1 amide bonds. The molecular weight excluding hydrogens is 350 g/mol. The highest BCUT2D eigenvalue weighted by molar-refractivity contribution is 5.79. The second-order valence-electron chi connectivity index (χ2n) is 6.86. The second-order valence-corrected chi connectivity index (χ2v) is 6.86. The highest BCUT2D eigenvalue weighted by atomic mass is 16.5. The average Bonchev–Trinajstić information content (AvgIpc) is 3.07. The number of fused-ring (bicyclic) bond motifs is 3. The molecule has 4 nitrogen and oxygen atoms in total. The van der Waals surface area contributed by atoms with E-state index in [4.69, 9.17) is 4.74 Å². The van der Waals surface area contributed by atoms with Gasteiger partial charge in [-0.15, -0.1) is 0 Å². The molecule has 28 heavy (non-hydrogen) atoms. The normalized spacial score (nSPS) is 13.3. The number of hydrogen-bond donors (Lipinski definition) is 1. The molecule has 0 saturated heterocycles. The quantitative estimate of drug-likeness (QED) is 0.649. The molecule has 1 aliphatic rings. The lowest BCUT2D eigenvalue weighted by molar-refractivity contribution is -0.109. The lowest BCUT2D eigenvalue weighted by atomic mass is 9.98. The van der Waals surface area contributed by atoms with Crippen molar-refractivity contribution in [3.8, 4) is 11.1 Å². The molecule has 1 atom stereocenters. The van der Waals surface area contributed by atoms with Gasteiger partial charge in [-0.3, -0.25) is 0 Å². The Morgan fingerprint density at radius 3 is 2.07 bits per heavy atom. The van der Waals surface area contributed by atoms with E-state index in [0.717, 1.165) is 11.8 Å². The van der Waals surface area contributed by atoms with Crippen LogP contribution >= 0.6 is 0 Å². The van der Waals surface area contributed by atoms with Gasteiger partial charge in [0.05, 0.1) is 5.92 Å². The summed E-state index contributed by atoms with van der Waals surface area (Å²) in [4.78, 5) is 23.6. The third-order valence-corrected chi connectivity index (χ3v) is 5.20. The average molecular weight is 371 g/mol. The van der Waals surface area contributed by atoms with Crippen LogP contribution in [0.15, 0.2) is 78.9 Å². The van der Waals surface area contributed by atoms with Crippen LogP contribution in [0.1, 0.15) is 28.5 Å². The van der Waals surface area contributed by atoms with Crippen molar-refractivity contribution < 1.29 is 14.3 Å². The maximum Gasteiger partial charge on any atom is 0.407 e. The topological polar surface area (TPSA) is 55.4 Å². The number of amides is 1. The molecule has 0 radical (unpaired) electrons. The van der Waals surface area contributed by atoms with E-state index < -0.39 is 6.09 Å². The van der Waals surface area contributed by atoms with Crippen LogP contribution in [0.2, 0.25) is 0 Å². The molecule has 0 bridgehead atoms. The van der Waals surface area contributed by atoms with Gasteiger partial charge in [0.25, 0.3) is 0 Å². The molecule has 0 aromatic heterocycles. The van der Waals surface area contributed by atoms with E-state index in [-0.39, 0.29) is 25.0 Å². The minimum atomic E-state index is -0.510. The number of benzene rings is 3. The molecule has 0 spiro atoms. The predicted octanol–water partition coefficient (Wildman–Crippen LogP) is 4.51. The van der Waals surface area contributed by atoms with Crippen molar-refractivity contribution >= 4 is 12.4 Å². The Morgan fingerprint density at radius 1 is 0.893 bits per heavy atom. The van der Waals surface area contributed by atoms with Gasteiger partial charge in [0, 0.05) is 12.5 Å². The number of alkyl carbamates (subject to hydrolysis) is 1. The molecule has 0 aliphatic heterocycles. The lowest BCUT2D eigenvalue weighted by Crippen LogP contribution is -2.30. The second kappa shape index (κ2) is 8.09. The van der Waals surface area contributed by atoms with Crippen LogP contribution < -0.4 is 5.32 Å². The van der Waals surface area contributed by atoms with Crippen LogP contribution in [-0.2, 0) is 9.53 Å². The molecule has 0 heterocycles. The Kier molecular flexibility index (Phi) is 5.20. The summed E-state index contributed by atoms with van der Waals surface area (Å²) in [5, 5.41) is 2.71. The first kappa shape index (κ1) is 18.0. The summed E-state index contributed by atoms with van der Waals surface area (Å²) < 4.78 is 5.50. The van der Waals surface area contributed by atoms with E-state index >= 15 is 0 Å². The summed E-state index contributed by atoms with van der Waals surface area (Å²) in [6.45, 7) is 0.473. The molecule has 3 aromatic rings. The van der Waals surface area contributed by atoms with E-state index in [2.05, 4.69) is 29.6 Å². The number of carbonyl (C=O) groups is 2. The number of ether oxygens (including phenoxy) is 1. The van der Waals surface area contributed by atoms with Gasteiger partial charge in [0.2, 0.25) is 0 Å². The first-order valence-electron chi connectivity index (χ1n) is 9.37. The van der Waals surface area contributed by atoms with Crippen molar-refractivity contribution in [2.45, 2.75) is 11.8 Å². The van der Waals surface area contributed by atoms with Crippen molar-refractivity contribution in [2.24, 2.45) is 0 Å². The molecule has 4 heteroatoms. The molecular formula is C24H21NO3. The van der Waals surface area contributed by atoms with Gasteiger partial charge < -0.3 is 14.8 Å². The van der Waals surface area contributed by atoms with Crippen LogP contribution in [-0.4, -0.2) is 25.5 Å². The van der Waals surface area contributed by atoms with E-state index in [1.165, 1.54) is 22.3 Å². The molecule has 1 aliphatic carbocycles. The largest absolute Gasteiger partial charge is 0.449 e. The van der Waals surface area contributed by atoms with Crippen LogP contribution in [0, 0.1) is 0 Å². The fourth-order valence-electron chi connectivity index (χ4n) is 3.79. The highest BCUT2D eigenvalue weighted by Crippen LogP contribution is 2.44. The summed E-state index contributed by atoms with van der Waals surface area (Å²) in [6, 6.07) is 25.8. The van der Waals surface area contributed by atoms with Crippen molar-refractivity contribution in [3.05, 3.63) is 95.6 Å². The van der Waals surface area contributed by atoms with E-state index in [0.29, 0.717) is 0 Å². The molecule has 140 valence electrons. The molecule has 0 fully saturated rings. The van der Waals surface area contributed by atoms with Crippen LogP contribution in [0.5, 0.6) is 0 Å². The van der Waals surface area contributed by atoms with E-state index in [1.807, 2.05) is 54.6 Å². The summed E-state index contributed by atoms with van der Waals surface area (Å²) in [5.41, 5.74) is 5.60. The minimum absolute atomic E-state index is 0.0224. The van der Waals surface area contributed by atoms with E-state index in [9.17, 15) is 9.59 Å². The van der Waals surface area contributed by atoms with Crippen LogP contribution in [0.3, 0.4) is 0 Å². The van der Waals surface area contributed by atoms with Crippen molar-refractivity contribution in [1.29, 1.82) is 0 Å². The van der Waals surface area contributed by atoms with Gasteiger partial charge in [0.1, 0.15) is 12.9 Å². The molecule has 0 unspecified atom stereocenters. The first-order valence-corrected chi connectivity index (χ1v) is 9.37. The highest BCUT2D eigenvalue weighted by Gasteiger charge is 2.29. The molecule has 3 aromatic carbocycles. The third kappa shape index (κ3) is 3.54. The number of nitrogens with one attached hydrogen (secondary N) is 1. The Bertz CT molecular complexity index is 938. The number of carbonyl (C=O) groups excluding carboxylic acids is 2. The van der Waals surface area contributed by atoms with Gasteiger partial charge in [0.15, 0.2) is 0 Å². The van der Waals surface area contributed by atoms with Crippen molar-refractivity contribution in [3.63, 3.8) is 0 Å². The Balaban J connectivity index is 1.39. The first-order chi connectivity index (χ1) is 13.8. The summed E-state index contributed by atoms with van der Waals surface area (Å²) >= 11 is 0. The Morgan fingerprint density at radius 2 is 1.46 bits per heavy atom. The molecule has 1 N–H and O–H groups in total. The van der Waals surface area contributed by atoms with Gasteiger partial charge in [-0.25, -0.2) is 4.79 Å². The van der Waals surface area contributed by atoms with Gasteiger partial charge in [-0.1, -0.05) is 78.9 Å². The smallest absolute Gasteiger partial charge is 0.407 e. The maximum atomic E-state index is 12.2. The minimum Gasteiger partial charge on any atom is -0.449 e. The number of aldehydes is 1. The van der Waals surface area contributed by atoms with Crippen molar-refractivity contribution in [1.82, 2.24) is 5.32 Å². The number of hydrogen-bond acceptors (Lipinski definition) is 3. The maximum absolute atomic E-state index is 12.2. The van der Waals surface area contributed by atoms with Gasteiger partial charge in [-0.05, 0) is 27.8 Å². The SMILES string of the molecule is O=C[C@H](CNC(=O)OCC1c2ccccc2-c2ccccc21)c1ccccc1. The van der Waals surface area contributed by atoms with Gasteiger partial charge >= 0.3 is 6.09 Å². The standard InChI is InChI=1S/C24H21NO3/c26-15-18(17-8-2-1-3-9-17)14-25-24(27)28-16-23-21-12-6-4-10-19(21)20-11-5-7-13-22(20)23/h1-13,15,18,23H,14,16H2,(H,25,27)/t18-/m0/s1. The third-order valence-electron chi connectivity index (χ3n) is 5.20. The zero-order chi connectivity index (χ0) is 19.3. The van der Waals surface area contributed by atoms with Crippen LogP contribution in [0.4, 0.5) is 4.79 Å². The van der Waals surface area contributed by atoms with Gasteiger partial charge in [-0.2, -0.15) is 0 Å². The predicted molar refractivity (Wildman–Crippen MR) is 108 cm³/mol. The lowest BCUT2D eigenvalue weighted by Gasteiger charge is -2.16. The summed E-state index contributed by atoms with van der Waals surface area (Å²) in [7, 11) is 0. The van der Waals surface area contributed by atoms with Crippen LogP contribution in [0.25, 0.3) is 11.1 Å². The number of rotatable bonds is 6. The Hall–Kier alpha value is -3.40.